The monoisotopic (exact) mass is 605 g/mol. The summed E-state index contributed by atoms with van der Waals surface area (Å²) >= 11 is 10.9. The number of rotatable bonds is 6. The average molecular weight is 607 g/mol. The molecule has 0 saturated carbocycles. The molecule has 4 aromatic rings. The van der Waals surface area contributed by atoms with Crippen LogP contribution in [-0.2, 0) is 26.7 Å². The van der Waals surface area contributed by atoms with E-state index in [-0.39, 0.29) is 32.7 Å². The molecule has 1 aliphatic rings. The lowest BCUT2D eigenvalue weighted by Gasteiger charge is -2.18. The highest BCUT2D eigenvalue weighted by Gasteiger charge is 2.32. The molecular formula is C24H21BrClN5O3S2. The number of halogens is 2. The second-order valence-corrected chi connectivity index (χ2v) is 12.8. The van der Waals surface area contributed by atoms with Crippen molar-refractivity contribution in [3.63, 3.8) is 0 Å². The standard InChI is InChI=1S/C24H21BrClN5O3S2/c1-24(2)11-13-6-9-19(15-4-3-5-16(24)21(13)15)31-22(25)29-30-23(31)35-12-20(32)28-18-8-7-14(10-17(18)26)36(27,33)34/h3-10H,11-12H2,1-2H3,(H,28,32)(H2,27,33,34). The van der Waals surface area contributed by atoms with Crippen LogP contribution in [0.3, 0.4) is 0 Å². The van der Waals surface area contributed by atoms with E-state index in [1.165, 1.54) is 46.5 Å². The third kappa shape index (κ3) is 4.54. The first-order valence-corrected chi connectivity index (χ1v) is 14.6. The molecule has 0 unspecified atom stereocenters. The summed E-state index contributed by atoms with van der Waals surface area (Å²) in [7, 11) is -3.89. The predicted octanol–water partition coefficient (Wildman–Crippen LogP) is 5.05. The fourth-order valence-electron chi connectivity index (χ4n) is 4.58. The molecule has 0 aliphatic heterocycles. The van der Waals surface area contributed by atoms with E-state index >= 15 is 0 Å². The summed E-state index contributed by atoms with van der Waals surface area (Å²) in [5, 5.41) is 19.2. The largest absolute Gasteiger partial charge is 0.324 e. The zero-order valence-electron chi connectivity index (χ0n) is 19.2. The minimum atomic E-state index is -3.89. The van der Waals surface area contributed by atoms with Gasteiger partial charge in [0.05, 0.1) is 27.0 Å². The summed E-state index contributed by atoms with van der Waals surface area (Å²) in [6.07, 6.45) is 0.981. The van der Waals surface area contributed by atoms with Gasteiger partial charge in [-0.25, -0.2) is 13.6 Å². The van der Waals surface area contributed by atoms with Crippen molar-refractivity contribution >= 4 is 71.7 Å². The number of benzene rings is 3. The lowest BCUT2D eigenvalue weighted by Crippen LogP contribution is -2.16. The van der Waals surface area contributed by atoms with Crippen LogP contribution in [0.15, 0.2) is 63.3 Å². The van der Waals surface area contributed by atoms with E-state index in [1.807, 2.05) is 4.57 Å². The summed E-state index contributed by atoms with van der Waals surface area (Å²) < 4.78 is 25.4. The van der Waals surface area contributed by atoms with E-state index in [2.05, 4.69) is 75.6 Å². The van der Waals surface area contributed by atoms with E-state index in [4.69, 9.17) is 16.7 Å². The van der Waals surface area contributed by atoms with Gasteiger partial charge in [-0.3, -0.25) is 9.36 Å². The van der Waals surface area contributed by atoms with Crippen molar-refractivity contribution in [3.05, 3.63) is 69.4 Å². The topological polar surface area (TPSA) is 120 Å². The molecule has 0 saturated heterocycles. The number of nitrogens with two attached hydrogens (primary N) is 1. The molecule has 8 nitrogen and oxygen atoms in total. The van der Waals surface area contributed by atoms with Crippen LogP contribution < -0.4 is 10.5 Å². The van der Waals surface area contributed by atoms with Crippen LogP contribution in [0.25, 0.3) is 16.5 Å². The van der Waals surface area contributed by atoms with Gasteiger partial charge >= 0.3 is 0 Å². The smallest absolute Gasteiger partial charge is 0.238 e. The fraction of sp³-hybridized carbons (Fsp3) is 0.208. The molecule has 0 spiro atoms. The molecule has 3 N–H and O–H groups in total. The first-order chi connectivity index (χ1) is 17.0. The molecule has 1 heterocycles. The van der Waals surface area contributed by atoms with Crippen LogP contribution in [0.1, 0.15) is 25.0 Å². The van der Waals surface area contributed by atoms with Crippen LogP contribution in [0.2, 0.25) is 5.02 Å². The molecule has 186 valence electrons. The first-order valence-electron chi connectivity index (χ1n) is 10.9. The number of anilines is 1. The van der Waals surface area contributed by atoms with Crippen molar-refractivity contribution in [1.82, 2.24) is 14.8 Å². The number of hydrogen-bond acceptors (Lipinski definition) is 6. The van der Waals surface area contributed by atoms with Crippen molar-refractivity contribution in [2.45, 2.75) is 35.7 Å². The summed E-state index contributed by atoms with van der Waals surface area (Å²) in [5.41, 5.74) is 3.91. The number of aromatic nitrogens is 3. The van der Waals surface area contributed by atoms with Crippen molar-refractivity contribution < 1.29 is 13.2 Å². The fourth-order valence-corrected chi connectivity index (χ4v) is 6.71. The van der Waals surface area contributed by atoms with Gasteiger partial charge in [0.1, 0.15) is 0 Å². The number of carbonyl (C=O) groups excluding carboxylic acids is 1. The summed E-state index contributed by atoms with van der Waals surface area (Å²) in [4.78, 5) is 12.5. The number of hydrogen-bond donors (Lipinski definition) is 2. The first kappa shape index (κ1) is 25.2. The van der Waals surface area contributed by atoms with Gasteiger partial charge in [-0.15, -0.1) is 10.2 Å². The second kappa shape index (κ2) is 9.14. The van der Waals surface area contributed by atoms with Gasteiger partial charge in [-0.1, -0.05) is 61.5 Å². The quantitative estimate of drug-likeness (QED) is 0.297. The molecule has 0 atom stereocenters. The Morgan fingerprint density at radius 2 is 2.00 bits per heavy atom. The van der Waals surface area contributed by atoms with Crippen molar-refractivity contribution in [2.24, 2.45) is 5.14 Å². The maximum absolute atomic E-state index is 12.7. The lowest BCUT2D eigenvalue weighted by atomic mass is 9.85. The van der Waals surface area contributed by atoms with Crippen molar-refractivity contribution in [2.75, 3.05) is 11.1 Å². The van der Waals surface area contributed by atoms with Crippen LogP contribution in [0.4, 0.5) is 5.69 Å². The predicted molar refractivity (Wildman–Crippen MR) is 145 cm³/mol. The highest BCUT2D eigenvalue weighted by Crippen LogP contribution is 2.44. The SMILES string of the molecule is CC1(C)Cc2ccc(-n3c(Br)nnc3SCC(=O)Nc3ccc(S(N)(=O)=O)cc3Cl)c3cccc1c23. The highest BCUT2D eigenvalue weighted by atomic mass is 79.9. The molecule has 12 heteroatoms. The van der Waals surface area contributed by atoms with Crippen LogP contribution in [-0.4, -0.2) is 34.8 Å². The van der Waals surface area contributed by atoms with Gasteiger partial charge in [0.2, 0.25) is 20.7 Å². The number of sulfonamides is 1. The Bertz CT molecular complexity index is 1650. The van der Waals surface area contributed by atoms with Gasteiger partial charge < -0.3 is 5.32 Å². The third-order valence-corrected chi connectivity index (χ3v) is 8.84. The zero-order valence-corrected chi connectivity index (χ0v) is 23.2. The molecular weight excluding hydrogens is 586 g/mol. The molecule has 0 radical (unpaired) electrons. The van der Waals surface area contributed by atoms with E-state index < -0.39 is 10.0 Å². The number of carbonyl (C=O) groups is 1. The van der Waals surface area contributed by atoms with Crippen molar-refractivity contribution in [1.29, 1.82) is 0 Å². The molecule has 0 fully saturated rings. The van der Waals surface area contributed by atoms with Gasteiger partial charge in [0.25, 0.3) is 0 Å². The number of thioether (sulfide) groups is 1. The molecule has 36 heavy (non-hydrogen) atoms. The van der Waals surface area contributed by atoms with Crippen LogP contribution in [0, 0.1) is 0 Å². The number of primary sulfonamides is 1. The van der Waals surface area contributed by atoms with Gasteiger partial charge in [-0.05, 0) is 68.5 Å². The third-order valence-electron chi connectivity index (χ3n) is 6.18. The minimum Gasteiger partial charge on any atom is -0.324 e. The van der Waals surface area contributed by atoms with Gasteiger partial charge in [-0.2, -0.15) is 0 Å². The maximum atomic E-state index is 12.7. The summed E-state index contributed by atoms with van der Waals surface area (Å²) in [6.45, 7) is 4.51. The molecule has 3 aromatic carbocycles. The second-order valence-electron chi connectivity index (χ2n) is 9.14. The molecule has 0 bridgehead atoms. The Kier molecular flexibility index (Phi) is 6.40. The molecule has 1 amide bonds. The van der Waals surface area contributed by atoms with Crippen molar-refractivity contribution in [3.8, 4) is 5.69 Å². The van der Waals surface area contributed by atoms with E-state index in [1.54, 1.807) is 0 Å². The molecule has 1 aromatic heterocycles. The van der Waals surface area contributed by atoms with Crippen LogP contribution >= 0.6 is 39.3 Å². The normalized spacial score (nSPS) is 14.4. The van der Waals surface area contributed by atoms with E-state index in [0.717, 1.165) is 17.5 Å². The van der Waals surface area contributed by atoms with E-state index in [0.29, 0.717) is 9.89 Å². The Labute approximate surface area is 225 Å². The molecule has 5 rings (SSSR count). The summed E-state index contributed by atoms with van der Waals surface area (Å²) in [6, 6.07) is 14.5. The Balaban J connectivity index is 1.40. The van der Waals surface area contributed by atoms with E-state index in [9.17, 15) is 13.2 Å². The summed E-state index contributed by atoms with van der Waals surface area (Å²) in [5.74, 6) is -0.301. The number of nitrogens with zero attached hydrogens (tertiary/aromatic N) is 3. The Hall–Kier alpha value is -2.44. The Morgan fingerprint density at radius 3 is 2.72 bits per heavy atom. The lowest BCUT2D eigenvalue weighted by molar-refractivity contribution is -0.113. The zero-order chi connectivity index (χ0) is 25.8. The van der Waals surface area contributed by atoms with Gasteiger partial charge in [0, 0.05) is 5.39 Å². The highest BCUT2D eigenvalue weighted by molar-refractivity contribution is 9.10. The number of amides is 1. The Morgan fingerprint density at radius 1 is 1.22 bits per heavy atom. The van der Waals surface area contributed by atoms with Gasteiger partial charge in [0.15, 0.2) is 5.16 Å². The maximum Gasteiger partial charge on any atom is 0.238 e. The average Bonchev–Trinajstić information content (AvgIpc) is 3.30. The van der Waals surface area contributed by atoms with Crippen LogP contribution in [0.5, 0.6) is 0 Å². The number of nitrogens with one attached hydrogen (secondary N) is 1. The minimum absolute atomic E-state index is 0.0344. The molecule has 1 aliphatic carbocycles.